The first kappa shape index (κ1) is 18.1. The summed E-state index contributed by atoms with van der Waals surface area (Å²) in [6.07, 6.45) is 0.801. The number of carbonyl (C=O) groups is 1. The number of hydrogen-bond donors (Lipinski definition) is 1. The highest BCUT2D eigenvalue weighted by atomic mass is 79.9. The second kappa shape index (κ2) is 6.84. The summed E-state index contributed by atoms with van der Waals surface area (Å²) in [5, 5.41) is 7.70. The Bertz CT molecular complexity index is 1270. The molecule has 1 N–H and O–H groups in total. The fourth-order valence-electron chi connectivity index (χ4n) is 3.30. The average Bonchev–Trinajstić information content (AvgIpc) is 3.48. The van der Waals surface area contributed by atoms with Gasteiger partial charge in [0.1, 0.15) is 5.69 Å². The SMILES string of the molecule is O=C(Nc1ccc(Br)c2cccnc12)c1cc2nc(C3CC3)cc(C(F)F)n2n1. The van der Waals surface area contributed by atoms with Gasteiger partial charge in [0.25, 0.3) is 12.3 Å². The summed E-state index contributed by atoms with van der Waals surface area (Å²) in [7, 11) is 0. The predicted molar refractivity (Wildman–Crippen MR) is 107 cm³/mol. The summed E-state index contributed by atoms with van der Waals surface area (Å²) in [5.74, 6) is -0.303. The van der Waals surface area contributed by atoms with Gasteiger partial charge in [-0.3, -0.25) is 9.78 Å². The molecule has 0 saturated heterocycles. The lowest BCUT2D eigenvalue weighted by atomic mass is 10.2. The Morgan fingerprint density at radius 3 is 2.83 bits per heavy atom. The molecule has 1 saturated carbocycles. The number of alkyl halides is 2. The number of benzene rings is 1. The molecule has 0 atom stereocenters. The van der Waals surface area contributed by atoms with Crippen LogP contribution in [0.15, 0.2) is 47.1 Å². The molecule has 1 fully saturated rings. The van der Waals surface area contributed by atoms with E-state index < -0.39 is 12.3 Å². The van der Waals surface area contributed by atoms with Gasteiger partial charge >= 0.3 is 0 Å². The van der Waals surface area contributed by atoms with Crippen molar-refractivity contribution < 1.29 is 13.6 Å². The van der Waals surface area contributed by atoms with E-state index in [2.05, 4.69) is 36.3 Å². The summed E-state index contributed by atoms with van der Waals surface area (Å²) in [6, 6.07) is 10.0. The quantitative estimate of drug-likeness (QED) is 0.462. The van der Waals surface area contributed by atoms with Gasteiger partial charge in [0.2, 0.25) is 0 Å². The van der Waals surface area contributed by atoms with E-state index in [0.29, 0.717) is 16.9 Å². The molecule has 0 aliphatic heterocycles. The Hall–Kier alpha value is -2.94. The number of nitrogens with zero attached hydrogens (tertiary/aromatic N) is 4. The van der Waals surface area contributed by atoms with Gasteiger partial charge in [-0.15, -0.1) is 0 Å². The molecule has 0 unspecified atom stereocenters. The van der Waals surface area contributed by atoms with Gasteiger partial charge in [-0.25, -0.2) is 18.3 Å². The third-order valence-electron chi connectivity index (χ3n) is 4.89. The highest BCUT2D eigenvalue weighted by Gasteiger charge is 2.28. The number of carbonyl (C=O) groups excluding carboxylic acids is 1. The summed E-state index contributed by atoms with van der Waals surface area (Å²) < 4.78 is 29.0. The number of fused-ring (bicyclic) bond motifs is 2. The standard InChI is InChI=1S/C20H14BrF2N5O/c21-12-5-6-13(18-11(12)2-1-7-24-18)26-20(29)15-9-17-25-14(10-3-4-10)8-16(19(22)23)28(17)27-15/h1-2,5-10,19H,3-4H2,(H,26,29). The minimum atomic E-state index is -2.71. The molecule has 4 aromatic rings. The van der Waals surface area contributed by atoms with Crippen LogP contribution in [0.5, 0.6) is 0 Å². The van der Waals surface area contributed by atoms with Crippen LogP contribution in [0.2, 0.25) is 0 Å². The fraction of sp³-hybridized carbons (Fsp3) is 0.200. The molecule has 0 radical (unpaired) electrons. The molecular weight excluding hydrogens is 444 g/mol. The number of nitrogens with one attached hydrogen (secondary N) is 1. The van der Waals surface area contributed by atoms with Crippen molar-refractivity contribution in [3.8, 4) is 0 Å². The third-order valence-corrected chi connectivity index (χ3v) is 5.58. The molecule has 5 rings (SSSR count). The fourth-order valence-corrected chi connectivity index (χ4v) is 3.75. The van der Waals surface area contributed by atoms with Gasteiger partial charge in [-0.05, 0) is 37.1 Å². The van der Waals surface area contributed by atoms with Crippen molar-refractivity contribution in [3.05, 3.63) is 64.1 Å². The van der Waals surface area contributed by atoms with Gasteiger partial charge in [-0.1, -0.05) is 22.0 Å². The number of halogens is 3. The zero-order chi connectivity index (χ0) is 20.1. The van der Waals surface area contributed by atoms with Crippen LogP contribution in [0.25, 0.3) is 16.6 Å². The maximum absolute atomic E-state index is 13.5. The molecule has 0 bridgehead atoms. The second-order valence-electron chi connectivity index (χ2n) is 6.93. The van der Waals surface area contributed by atoms with Crippen molar-refractivity contribution in [2.75, 3.05) is 5.32 Å². The lowest BCUT2D eigenvalue weighted by Gasteiger charge is -2.08. The van der Waals surface area contributed by atoms with Crippen molar-refractivity contribution in [2.24, 2.45) is 0 Å². The molecule has 1 aromatic carbocycles. The van der Waals surface area contributed by atoms with Crippen molar-refractivity contribution in [2.45, 2.75) is 25.2 Å². The van der Waals surface area contributed by atoms with Gasteiger partial charge in [0, 0.05) is 33.7 Å². The molecule has 29 heavy (non-hydrogen) atoms. The summed E-state index contributed by atoms with van der Waals surface area (Å²) in [4.78, 5) is 21.5. The molecule has 1 amide bonds. The van der Waals surface area contributed by atoms with E-state index in [0.717, 1.165) is 27.2 Å². The molecule has 146 valence electrons. The van der Waals surface area contributed by atoms with Crippen LogP contribution < -0.4 is 5.32 Å². The molecule has 6 nitrogen and oxygen atoms in total. The minimum absolute atomic E-state index is 0.0133. The number of anilines is 1. The average molecular weight is 458 g/mol. The van der Waals surface area contributed by atoms with Crippen LogP contribution in [0, 0.1) is 0 Å². The highest BCUT2D eigenvalue weighted by Crippen LogP contribution is 2.40. The molecule has 0 spiro atoms. The lowest BCUT2D eigenvalue weighted by Crippen LogP contribution is -2.13. The first-order valence-corrected chi connectivity index (χ1v) is 9.84. The van der Waals surface area contributed by atoms with Crippen LogP contribution in [-0.2, 0) is 0 Å². The summed E-state index contributed by atoms with van der Waals surface area (Å²) in [5.41, 5.74) is 1.75. The first-order chi connectivity index (χ1) is 14.0. The van der Waals surface area contributed by atoms with Crippen molar-refractivity contribution >= 4 is 44.1 Å². The molecule has 1 aliphatic carbocycles. The number of aromatic nitrogens is 4. The number of amides is 1. The van der Waals surface area contributed by atoms with E-state index >= 15 is 0 Å². The Kier molecular flexibility index (Phi) is 4.27. The van der Waals surface area contributed by atoms with Crippen LogP contribution in [0.4, 0.5) is 14.5 Å². The Labute approximate surface area is 172 Å². The topological polar surface area (TPSA) is 72.2 Å². The Morgan fingerprint density at radius 1 is 1.24 bits per heavy atom. The van der Waals surface area contributed by atoms with Gasteiger partial charge in [0.05, 0.1) is 11.2 Å². The molecule has 3 aromatic heterocycles. The number of rotatable bonds is 4. The normalized spacial score (nSPS) is 14.1. The van der Waals surface area contributed by atoms with Crippen LogP contribution in [0.3, 0.4) is 0 Å². The van der Waals surface area contributed by atoms with E-state index in [-0.39, 0.29) is 23.0 Å². The zero-order valence-corrected chi connectivity index (χ0v) is 16.5. The van der Waals surface area contributed by atoms with Gasteiger partial charge in [-0.2, -0.15) is 5.10 Å². The zero-order valence-electron chi connectivity index (χ0n) is 14.9. The summed E-state index contributed by atoms with van der Waals surface area (Å²) >= 11 is 3.46. The van der Waals surface area contributed by atoms with E-state index in [1.165, 1.54) is 12.1 Å². The van der Waals surface area contributed by atoms with E-state index in [4.69, 9.17) is 0 Å². The van der Waals surface area contributed by atoms with Gasteiger partial charge in [0.15, 0.2) is 11.3 Å². The predicted octanol–water partition coefficient (Wildman–Crippen LogP) is 5.11. The van der Waals surface area contributed by atoms with Crippen LogP contribution >= 0.6 is 15.9 Å². The van der Waals surface area contributed by atoms with Crippen molar-refractivity contribution in [3.63, 3.8) is 0 Å². The molecule has 3 heterocycles. The maximum Gasteiger partial charge on any atom is 0.280 e. The maximum atomic E-state index is 13.5. The first-order valence-electron chi connectivity index (χ1n) is 9.04. The van der Waals surface area contributed by atoms with Crippen molar-refractivity contribution in [1.82, 2.24) is 19.6 Å². The largest absolute Gasteiger partial charge is 0.319 e. The molecule has 1 aliphatic rings. The van der Waals surface area contributed by atoms with E-state index in [1.807, 2.05) is 12.1 Å². The lowest BCUT2D eigenvalue weighted by molar-refractivity contribution is 0.102. The Balaban J connectivity index is 1.54. The second-order valence-corrected chi connectivity index (χ2v) is 7.78. The van der Waals surface area contributed by atoms with Gasteiger partial charge < -0.3 is 5.32 Å². The molecule has 9 heteroatoms. The Morgan fingerprint density at radius 2 is 2.07 bits per heavy atom. The van der Waals surface area contributed by atoms with E-state index in [9.17, 15) is 13.6 Å². The van der Waals surface area contributed by atoms with E-state index in [1.54, 1.807) is 18.3 Å². The third kappa shape index (κ3) is 3.25. The number of hydrogen-bond acceptors (Lipinski definition) is 4. The minimum Gasteiger partial charge on any atom is -0.319 e. The van der Waals surface area contributed by atoms with Crippen molar-refractivity contribution in [1.29, 1.82) is 0 Å². The highest BCUT2D eigenvalue weighted by molar-refractivity contribution is 9.10. The molecular formula is C20H14BrF2N5O. The van der Waals surface area contributed by atoms with Crippen LogP contribution in [0.1, 0.15) is 47.1 Å². The smallest absolute Gasteiger partial charge is 0.280 e. The summed E-state index contributed by atoms with van der Waals surface area (Å²) in [6.45, 7) is 0. The monoisotopic (exact) mass is 457 g/mol. The van der Waals surface area contributed by atoms with Crippen LogP contribution in [-0.4, -0.2) is 25.5 Å². The number of pyridine rings is 1.